The van der Waals surface area contributed by atoms with Crippen LogP contribution in [0.5, 0.6) is 0 Å². The molecule has 0 aliphatic carbocycles. The third-order valence-electron chi connectivity index (χ3n) is 3.70. The summed E-state index contributed by atoms with van der Waals surface area (Å²) in [6.07, 6.45) is 0.393. The molecule has 0 aromatic heterocycles. The molecular weight excluding hydrogens is 307 g/mol. The van der Waals surface area contributed by atoms with Gasteiger partial charge in [0, 0.05) is 12.6 Å². The number of benzene rings is 2. The van der Waals surface area contributed by atoms with Crippen molar-refractivity contribution >= 4 is 6.03 Å². The van der Waals surface area contributed by atoms with Crippen LogP contribution in [-0.4, -0.2) is 23.7 Å². The molecule has 0 aliphatic heterocycles. The Morgan fingerprint density at radius 3 is 2.62 bits per heavy atom. The van der Waals surface area contributed by atoms with Gasteiger partial charge in [0.2, 0.25) is 0 Å². The molecule has 2 aromatic carbocycles. The molecule has 4 nitrogen and oxygen atoms in total. The van der Waals surface area contributed by atoms with E-state index in [1.807, 2.05) is 43.3 Å². The van der Waals surface area contributed by atoms with Crippen molar-refractivity contribution < 1.29 is 14.3 Å². The second-order valence-corrected chi connectivity index (χ2v) is 5.85. The van der Waals surface area contributed by atoms with Gasteiger partial charge in [-0.15, -0.1) is 0 Å². The van der Waals surface area contributed by atoms with Gasteiger partial charge in [-0.25, -0.2) is 9.18 Å². The summed E-state index contributed by atoms with van der Waals surface area (Å²) in [5, 5.41) is 15.6. The van der Waals surface area contributed by atoms with Gasteiger partial charge in [0.15, 0.2) is 0 Å². The number of aliphatic hydroxyl groups excluding tert-OH is 1. The molecule has 5 heteroatoms. The van der Waals surface area contributed by atoms with Crippen molar-refractivity contribution in [2.45, 2.75) is 31.9 Å². The van der Waals surface area contributed by atoms with E-state index in [4.69, 9.17) is 0 Å². The van der Waals surface area contributed by atoms with Crippen LogP contribution < -0.4 is 10.6 Å². The summed E-state index contributed by atoms with van der Waals surface area (Å²) >= 11 is 0. The summed E-state index contributed by atoms with van der Waals surface area (Å²) in [5.41, 5.74) is 1.67. The molecule has 2 rings (SSSR count). The van der Waals surface area contributed by atoms with Crippen molar-refractivity contribution in [3.05, 3.63) is 71.5 Å². The first kappa shape index (κ1) is 17.9. The monoisotopic (exact) mass is 330 g/mol. The lowest BCUT2D eigenvalue weighted by Crippen LogP contribution is -2.42. The molecule has 0 aliphatic rings. The van der Waals surface area contributed by atoms with Crippen LogP contribution in [0.25, 0.3) is 0 Å². The lowest BCUT2D eigenvalue weighted by molar-refractivity contribution is 0.166. The van der Waals surface area contributed by atoms with Crippen molar-refractivity contribution in [2.75, 3.05) is 6.54 Å². The van der Waals surface area contributed by atoms with Gasteiger partial charge in [-0.3, -0.25) is 0 Å². The zero-order valence-corrected chi connectivity index (χ0v) is 13.7. The summed E-state index contributed by atoms with van der Waals surface area (Å²) in [6, 6.07) is 15.3. The molecule has 2 unspecified atom stereocenters. The number of amides is 2. The Bertz CT molecular complexity index is 649. The Labute approximate surface area is 141 Å². The normalized spacial score (nSPS) is 13.1. The zero-order chi connectivity index (χ0) is 17.4. The Hall–Kier alpha value is -2.40. The predicted molar refractivity (Wildman–Crippen MR) is 92.1 cm³/mol. The highest BCUT2D eigenvalue weighted by atomic mass is 19.1. The average molecular weight is 330 g/mol. The van der Waals surface area contributed by atoms with Crippen LogP contribution in [0.1, 0.15) is 30.6 Å². The molecule has 2 atom stereocenters. The third kappa shape index (κ3) is 6.01. The lowest BCUT2D eigenvalue weighted by Gasteiger charge is -2.16. The molecule has 2 aromatic rings. The number of rotatable bonds is 7. The van der Waals surface area contributed by atoms with Crippen molar-refractivity contribution in [1.29, 1.82) is 0 Å². The van der Waals surface area contributed by atoms with Gasteiger partial charge in [-0.2, -0.15) is 0 Å². The van der Waals surface area contributed by atoms with E-state index in [2.05, 4.69) is 10.6 Å². The molecule has 24 heavy (non-hydrogen) atoms. The molecule has 0 spiro atoms. The van der Waals surface area contributed by atoms with Crippen LogP contribution in [0.4, 0.5) is 9.18 Å². The minimum Gasteiger partial charge on any atom is -0.388 e. The predicted octanol–water partition coefficient (Wildman–Crippen LogP) is 3.18. The number of aliphatic hydroxyl groups is 1. The summed E-state index contributed by atoms with van der Waals surface area (Å²) in [7, 11) is 0. The van der Waals surface area contributed by atoms with Crippen molar-refractivity contribution in [2.24, 2.45) is 0 Å². The number of hydrogen-bond acceptors (Lipinski definition) is 2. The number of nitrogens with one attached hydrogen (secondary N) is 2. The average Bonchev–Trinajstić information content (AvgIpc) is 2.55. The molecule has 0 fully saturated rings. The van der Waals surface area contributed by atoms with E-state index >= 15 is 0 Å². The number of halogens is 1. The second-order valence-electron chi connectivity index (χ2n) is 5.85. The summed E-state index contributed by atoms with van der Waals surface area (Å²) in [4.78, 5) is 11.9. The zero-order valence-electron chi connectivity index (χ0n) is 13.7. The van der Waals surface area contributed by atoms with Crippen molar-refractivity contribution in [1.82, 2.24) is 10.6 Å². The highest BCUT2D eigenvalue weighted by Crippen LogP contribution is 2.14. The third-order valence-corrected chi connectivity index (χ3v) is 3.70. The molecule has 0 heterocycles. The van der Waals surface area contributed by atoms with Crippen LogP contribution in [0, 0.1) is 5.82 Å². The Balaban J connectivity index is 1.69. The van der Waals surface area contributed by atoms with Crippen LogP contribution >= 0.6 is 0 Å². The molecule has 0 saturated heterocycles. The van der Waals surface area contributed by atoms with Gasteiger partial charge >= 0.3 is 6.03 Å². The van der Waals surface area contributed by atoms with E-state index in [9.17, 15) is 14.3 Å². The Morgan fingerprint density at radius 1 is 1.17 bits per heavy atom. The Morgan fingerprint density at radius 2 is 1.92 bits per heavy atom. The molecule has 3 N–H and O–H groups in total. The fourth-order valence-electron chi connectivity index (χ4n) is 2.51. The fraction of sp³-hybridized carbons (Fsp3) is 0.316. The standard InChI is InChI=1S/C19H23FN2O2/c1-14(12-15-6-5-9-17(20)13-15)22-19(24)21-11-10-18(23)16-7-3-2-4-8-16/h2-9,13-14,18,23H,10-12H2,1H3,(H2,21,22,24). The summed E-state index contributed by atoms with van der Waals surface area (Å²) in [6.45, 7) is 2.23. The van der Waals surface area contributed by atoms with E-state index in [0.29, 0.717) is 19.4 Å². The van der Waals surface area contributed by atoms with Crippen LogP contribution in [-0.2, 0) is 6.42 Å². The van der Waals surface area contributed by atoms with E-state index in [-0.39, 0.29) is 17.9 Å². The van der Waals surface area contributed by atoms with Gasteiger partial charge in [0.25, 0.3) is 0 Å². The maximum absolute atomic E-state index is 13.1. The number of carbonyl (C=O) groups is 1. The topological polar surface area (TPSA) is 61.4 Å². The number of urea groups is 1. The minimum absolute atomic E-state index is 0.120. The van der Waals surface area contributed by atoms with Gasteiger partial charge < -0.3 is 15.7 Å². The molecule has 0 saturated carbocycles. The first-order valence-electron chi connectivity index (χ1n) is 8.06. The van der Waals surface area contributed by atoms with Gasteiger partial charge in [0.05, 0.1) is 6.10 Å². The van der Waals surface area contributed by atoms with Gasteiger partial charge in [0.1, 0.15) is 5.82 Å². The van der Waals surface area contributed by atoms with Gasteiger partial charge in [-0.05, 0) is 43.0 Å². The lowest BCUT2D eigenvalue weighted by atomic mass is 10.1. The summed E-state index contributed by atoms with van der Waals surface area (Å²) < 4.78 is 13.1. The molecule has 128 valence electrons. The van der Waals surface area contributed by atoms with Crippen LogP contribution in [0.3, 0.4) is 0 Å². The van der Waals surface area contributed by atoms with E-state index < -0.39 is 6.10 Å². The fourth-order valence-corrected chi connectivity index (χ4v) is 2.51. The Kier molecular flexibility index (Phi) is 6.75. The highest BCUT2D eigenvalue weighted by molar-refractivity contribution is 5.74. The van der Waals surface area contributed by atoms with Crippen molar-refractivity contribution in [3.8, 4) is 0 Å². The van der Waals surface area contributed by atoms with E-state index in [1.54, 1.807) is 6.07 Å². The number of hydrogen-bond donors (Lipinski definition) is 3. The molecular formula is C19H23FN2O2. The smallest absolute Gasteiger partial charge is 0.315 e. The van der Waals surface area contributed by atoms with E-state index in [0.717, 1.165) is 11.1 Å². The molecule has 0 radical (unpaired) electrons. The van der Waals surface area contributed by atoms with Crippen LogP contribution in [0.2, 0.25) is 0 Å². The van der Waals surface area contributed by atoms with Crippen molar-refractivity contribution in [3.63, 3.8) is 0 Å². The van der Waals surface area contributed by atoms with E-state index in [1.165, 1.54) is 12.1 Å². The second kappa shape index (κ2) is 9.03. The first-order valence-corrected chi connectivity index (χ1v) is 8.06. The number of carbonyl (C=O) groups excluding carboxylic acids is 1. The van der Waals surface area contributed by atoms with Crippen LogP contribution in [0.15, 0.2) is 54.6 Å². The molecule has 0 bridgehead atoms. The SMILES string of the molecule is CC(Cc1cccc(F)c1)NC(=O)NCCC(O)c1ccccc1. The quantitative estimate of drug-likeness (QED) is 0.730. The molecule has 2 amide bonds. The first-order chi connectivity index (χ1) is 11.5. The maximum Gasteiger partial charge on any atom is 0.315 e. The largest absolute Gasteiger partial charge is 0.388 e. The summed E-state index contributed by atoms with van der Waals surface area (Å²) in [5.74, 6) is -0.279. The minimum atomic E-state index is -0.601. The van der Waals surface area contributed by atoms with Gasteiger partial charge in [-0.1, -0.05) is 42.5 Å². The highest BCUT2D eigenvalue weighted by Gasteiger charge is 2.10. The maximum atomic E-state index is 13.1.